The van der Waals surface area contributed by atoms with E-state index in [9.17, 15) is 19.8 Å². The van der Waals surface area contributed by atoms with Crippen LogP contribution >= 0.6 is 0 Å². The topological polar surface area (TPSA) is 112 Å². The predicted octanol–water partition coefficient (Wildman–Crippen LogP) is 5.87. The molecule has 0 saturated carbocycles. The normalized spacial score (nSPS) is 11.5. The summed E-state index contributed by atoms with van der Waals surface area (Å²) >= 11 is 0. The maximum atomic E-state index is 12.3. The van der Waals surface area contributed by atoms with E-state index in [0.29, 0.717) is 17.7 Å². The highest BCUT2D eigenvalue weighted by molar-refractivity contribution is 5.90. The highest BCUT2D eigenvalue weighted by Crippen LogP contribution is 2.23. The molecular formula is C33H32O8. The summed E-state index contributed by atoms with van der Waals surface area (Å²) in [7, 11) is 0. The fourth-order valence-electron chi connectivity index (χ4n) is 3.95. The summed E-state index contributed by atoms with van der Waals surface area (Å²) in [5.41, 5.74) is 4.59. The summed E-state index contributed by atoms with van der Waals surface area (Å²) in [5, 5.41) is 18.8. The third-order valence-corrected chi connectivity index (χ3v) is 6.17. The van der Waals surface area contributed by atoms with E-state index in [2.05, 4.69) is 0 Å². The van der Waals surface area contributed by atoms with Crippen LogP contribution in [0.3, 0.4) is 0 Å². The number of phenolic OH excluding ortho intramolecular Hbond substituents is 2. The Morgan fingerprint density at radius 1 is 0.561 bits per heavy atom. The first-order chi connectivity index (χ1) is 19.9. The first-order valence-corrected chi connectivity index (χ1v) is 13.2. The van der Waals surface area contributed by atoms with Crippen molar-refractivity contribution in [3.63, 3.8) is 0 Å². The molecule has 1 atom stereocenters. The number of hydrogen-bond acceptors (Lipinski definition) is 8. The third-order valence-electron chi connectivity index (χ3n) is 6.17. The molecule has 0 aliphatic heterocycles. The van der Waals surface area contributed by atoms with Gasteiger partial charge in [-0.05, 0) is 77.7 Å². The average Bonchev–Trinajstić information content (AvgIpc) is 3.00. The highest BCUT2D eigenvalue weighted by Gasteiger charge is 2.10. The van der Waals surface area contributed by atoms with Crippen LogP contribution in [0.2, 0.25) is 0 Å². The molecule has 4 rings (SSSR count). The molecule has 2 N–H and O–H groups in total. The number of carbonyl (C=O) groups is 2. The summed E-state index contributed by atoms with van der Waals surface area (Å²) in [4.78, 5) is 24.6. The molecule has 0 aliphatic rings. The monoisotopic (exact) mass is 556 g/mol. The van der Waals surface area contributed by atoms with Gasteiger partial charge in [0.15, 0.2) is 0 Å². The lowest BCUT2D eigenvalue weighted by molar-refractivity contribution is -0.0324. The van der Waals surface area contributed by atoms with E-state index < -0.39 is 11.9 Å². The van der Waals surface area contributed by atoms with Crippen LogP contribution in [-0.2, 0) is 18.9 Å². The molecule has 4 aromatic carbocycles. The molecule has 4 aromatic rings. The van der Waals surface area contributed by atoms with Gasteiger partial charge in [-0.2, -0.15) is 0 Å². The highest BCUT2D eigenvalue weighted by atomic mass is 16.6. The van der Waals surface area contributed by atoms with Crippen LogP contribution in [0.5, 0.6) is 11.5 Å². The number of ether oxygens (including phenoxy) is 4. The van der Waals surface area contributed by atoms with Gasteiger partial charge in [0.25, 0.3) is 0 Å². The molecule has 0 spiro atoms. The van der Waals surface area contributed by atoms with Crippen molar-refractivity contribution in [1.29, 1.82) is 0 Å². The van der Waals surface area contributed by atoms with Crippen LogP contribution in [0.4, 0.5) is 0 Å². The van der Waals surface area contributed by atoms with Gasteiger partial charge >= 0.3 is 11.9 Å². The lowest BCUT2D eigenvalue weighted by Crippen LogP contribution is -2.21. The molecule has 1 unspecified atom stereocenters. The van der Waals surface area contributed by atoms with Gasteiger partial charge in [0.1, 0.15) is 24.7 Å². The Morgan fingerprint density at radius 2 is 0.927 bits per heavy atom. The fourth-order valence-corrected chi connectivity index (χ4v) is 3.95. The van der Waals surface area contributed by atoms with Gasteiger partial charge in [-0.1, -0.05) is 48.5 Å². The van der Waals surface area contributed by atoms with Crippen molar-refractivity contribution in [3.8, 4) is 33.8 Å². The second kappa shape index (κ2) is 14.6. The number of benzene rings is 4. The van der Waals surface area contributed by atoms with Crippen molar-refractivity contribution in [1.82, 2.24) is 0 Å². The zero-order valence-corrected chi connectivity index (χ0v) is 22.7. The van der Waals surface area contributed by atoms with Crippen molar-refractivity contribution in [2.24, 2.45) is 0 Å². The number of phenols is 2. The molecule has 0 aromatic heterocycles. The second-order valence-electron chi connectivity index (χ2n) is 9.28. The van der Waals surface area contributed by atoms with Gasteiger partial charge < -0.3 is 29.2 Å². The summed E-state index contributed by atoms with van der Waals surface area (Å²) in [6.07, 6.45) is -0.235. The van der Waals surface area contributed by atoms with Crippen molar-refractivity contribution in [2.45, 2.75) is 13.0 Å². The zero-order valence-electron chi connectivity index (χ0n) is 22.7. The lowest BCUT2D eigenvalue weighted by Gasteiger charge is -2.14. The van der Waals surface area contributed by atoms with E-state index in [4.69, 9.17) is 18.9 Å². The number of carbonyl (C=O) groups excluding carboxylic acids is 2. The molecule has 41 heavy (non-hydrogen) atoms. The first-order valence-electron chi connectivity index (χ1n) is 13.2. The predicted molar refractivity (Wildman–Crippen MR) is 154 cm³/mol. The van der Waals surface area contributed by atoms with Gasteiger partial charge in [-0.15, -0.1) is 0 Å². The maximum Gasteiger partial charge on any atom is 0.338 e. The molecule has 0 bridgehead atoms. The molecule has 0 fully saturated rings. The van der Waals surface area contributed by atoms with Crippen molar-refractivity contribution >= 4 is 11.9 Å². The van der Waals surface area contributed by atoms with Gasteiger partial charge in [-0.3, -0.25) is 0 Å². The zero-order chi connectivity index (χ0) is 29.0. The first kappa shape index (κ1) is 29.3. The molecule has 0 aliphatic carbocycles. The van der Waals surface area contributed by atoms with Crippen LogP contribution in [-0.4, -0.2) is 61.3 Å². The van der Waals surface area contributed by atoms with Crippen molar-refractivity contribution in [2.75, 3.05) is 33.0 Å². The number of rotatable bonds is 13. The van der Waals surface area contributed by atoms with E-state index >= 15 is 0 Å². The summed E-state index contributed by atoms with van der Waals surface area (Å²) < 4.78 is 21.7. The molecule has 0 amide bonds. The smallest absolute Gasteiger partial charge is 0.338 e. The summed E-state index contributed by atoms with van der Waals surface area (Å²) in [6, 6.07) is 27.7. The van der Waals surface area contributed by atoms with Crippen molar-refractivity contribution in [3.05, 3.63) is 108 Å². The quantitative estimate of drug-likeness (QED) is 0.155. The van der Waals surface area contributed by atoms with Crippen LogP contribution in [0.25, 0.3) is 22.3 Å². The van der Waals surface area contributed by atoms with E-state index in [1.165, 1.54) is 0 Å². The molecular weight excluding hydrogens is 524 g/mol. The van der Waals surface area contributed by atoms with Crippen LogP contribution in [0.15, 0.2) is 97.1 Å². The van der Waals surface area contributed by atoms with Crippen molar-refractivity contribution < 1.29 is 38.7 Å². The Hall–Kier alpha value is -4.66. The van der Waals surface area contributed by atoms with Gasteiger partial charge in [-0.25, -0.2) is 9.59 Å². The minimum Gasteiger partial charge on any atom is -0.508 e. The molecule has 0 radical (unpaired) electrons. The number of aromatic hydroxyl groups is 2. The Labute approximate surface area is 238 Å². The Balaban J connectivity index is 1.07. The Bertz CT molecular complexity index is 1400. The van der Waals surface area contributed by atoms with Gasteiger partial charge in [0.2, 0.25) is 0 Å². The lowest BCUT2D eigenvalue weighted by atomic mass is 10.0. The summed E-state index contributed by atoms with van der Waals surface area (Å²) in [6.45, 7) is 2.79. The number of esters is 2. The molecule has 0 heterocycles. The van der Waals surface area contributed by atoms with Crippen LogP contribution in [0.1, 0.15) is 27.6 Å². The van der Waals surface area contributed by atoms with E-state index in [0.717, 1.165) is 22.3 Å². The molecule has 212 valence electrons. The fraction of sp³-hybridized carbons (Fsp3) is 0.212. The second-order valence-corrected chi connectivity index (χ2v) is 9.28. The van der Waals surface area contributed by atoms with Gasteiger partial charge in [0.05, 0.1) is 37.1 Å². The SMILES string of the molecule is CC(COCCOC(=O)c1ccc(-c2ccc(O)cc2)cc1)OCCOC(=O)c1ccc(-c2ccc(O)cc2)cc1. The minimum absolute atomic E-state index is 0.103. The average molecular weight is 557 g/mol. The standard InChI is InChI=1S/C33H32O8/c1-23(39-20-21-41-33(37)29-8-4-25(5-9-29)27-12-16-31(35)17-13-27)22-38-18-19-40-32(36)28-6-2-24(3-7-28)26-10-14-30(34)15-11-26/h2-17,23,34-35H,18-22H2,1H3. The van der Waals surface area contributed by atoms with Crippen LogP contribution < -0.4 is 0 Å². The summed E-state index contributed by atoms with van der Waals surface area (Å²) in [5.74, 6) is -0.479. The Kier molecular flexibility index (Phi) is 10.5. The minimum atomic E-state index is -0.438. The van der Waals surface area contributed by atoms with Crippen LogP contribution in [0, 0.1) is 0 Å². The van der Waals surface area contributed by atoms with E-state index in [1.807, 2.05) is 31.2 Å². The molecule has 0 saturated heterocycles. The van der Waals surface area contributed by atoms with E-state index in [1.54, 1.807) is 72.8 Å². The third kappa shape index (κ3) is 8.93. The molecule has 8 heteroatoms. The van der Waals surface area contributed by atoms with E-state index in [-0.39, 0.29) is 44.0 Å². The largest absolute Gasteiger partial charge is 0.508 e. The Morgan fingerprint density at radius 3 is 1.34 bits per heavy atom. The maximum absolute atomic E-state index is 12.3. The molecule has 8 nitrogen and oxygen atoms in total. The van der Waals surface area contributed by atoms with Gasteiger partial charge in [0, 0.05) is 0 Å². The number of hydrogen-bond donors (Lipinski definition) is 2.